The maximum atomic E-state index is 11.1. The molecule has 19 heavy (non-hydrogen) atoms. The molecule has 1 heterocycles. The first kappa shape index (κ1) is 15.6. The van der Waals surface area contributed by atoms with Crippen LogP contribution in [0.5, 0.6) is 0 Å². The van der Waals surface area contributed by atoms with E-state index in [9.17, 15) is 4.79 Å². The SMILES string of the molecule is CC(CC(=N)c1ccc(NC(=O)CCl)cn1)N(C)C. The molecule has 0 spiro atoms. The van der Waals surface area contributed by atoms with Gasteiger partial charge in [-0.3, -0.25) is 9.78 Å². The fraction of sp³-hybridized carbons (Fsp3) is 0.462. The number of carbonyl (C=O) groups excluding carboxylic acids is 1. The number of nitrogens with zero attached hydrogens (tertiary/aromatic N) is 2. The van der Waals surface area contributed by atoms with E-state index >= 15 is 0 Å². The average Bonchev–Trinajstić information content (AvgIpc) is 2.39. The van der Waals surface area contributed by atoms with E-state index in [0.717, 1.165) is 0 Å². The van der Waals surface area contributed by atoms with Gasteiger partial charge in [0.25, 0.3) is 0 Å². The van der Waals surface area contributed by atoms with Crippen LogP contribution in [0, 0.1) is 5.41 Å². The van der Waals surface area contributed by atoms with Crippen LogP contribution < -0.4 is 5.32 Å². The van der Waals surface area contributed by atoms with Crippen molar-refractivity contribution in [2.45, 2.75) is 19.4 Å². The Bertz CT molecular complexity index is 444. The summed E-state index contributed by atoms with van der Waals surface area (Å²) in [4.78, 5) is 17.3. The van der Waals surface area contributed by atoms with Crippen LogP contribution in [0.4, 0.5) is 5.69 Å². The van der Waals surface area contributed by atoms with Crippen LogP contribution in [0.1, 0.15) is 19.0 Å². The highest BCUT2D eigenvalue weighted by Crippen LogP contribution is 2.10. The van der Waals surface area contributed by atoms with Crippen molar-refractivity contribution in [1.29, 1.82) is 5.41 Å². The third-order valence-electron chi connectivity index (χ3n) is 2.86. The second-order valence-corrected chi connectivity index (χ2v) is 4.88. The van der Waals surface area contributed by atoms with Crippen molar-refractivity contribution >= 4 is 28.9 Å². The van der Waals surface area contributed by atoms with Gasteiger partial charge in [-0.2, -0.15) is 0 Å². The van der Waals surface area contributed by atoms with E-state index < -0.39 is 0 Å². The lowest BCUT2D eigenvalue weighted by Gasteiger charge is -2.19. The first-order chi connectivity index (χ1) is 8.93. The molecule has 1 unspecified atom stereocenters. The molecule has 1 rings (SSSR count). The number of rotatable bonds is 6. The van der Waals surface area contributed by atoms with Gasteiger partial charge in [-0.15, -0.1) is 11.6 Å². The lowest BCUT2D eigenvalue weighted by atomic mass is 10.1. The molecule has 0 aliphatic rings. The van der Waals surface area contributed by atoms with Gasteiger partial charge in [-0.1, -0.05) is 0 Å². The minimum Gasteiger partial charge on any atom is -0.324 e. The maximum absolute atomic E-state index is 11.1. The smallest absolute Gasteiger partial charge is 0.239 e. The number of alkyl halides is 1. The van der Waals surface area contributed by atoms with E-state index in [1.54, 1.807) is 12.1 Å². The molecule has 1 aromatic heterocycles. The minimum atomic E-state index is -0.271. The zero-order valence-corrected chi connectivity index (χ0v) is 12.2. The minimum absolute atomic E-state index is 0.0854. The third kappa shape index (κ3) is 4.96. The van der Waals surface area contributed by atoms with Gasteiger partial charge < -0.3 is 15.6 Å². The quantitative estimate of drug-likeness (QED) is 0.619. The summed E-state index contributed by atoms with van der Waals surface area (Å²) < 4.78 is 0. The largest absolute Gasteiger partial charge is 0.324 e. The summed E-state index contributed by atoms with van der Waals surface area (Å²) in [6.45, 7) is 2.06. The Balaban J connectivity index is 2.65. The van der Waals surface area contributed by atoms with Crippen molar-refractivity contribution < 1.29 is 4.79 Å². The molecule has 0 aliphatic carbocycles. The standard InChI is InChI=1S/C13H19ClN4O/c1-9(18(2)3)6-11(15)12-5-4-10(8-16-12)17-13(19)7-14/h4-5,8-9,15H,6-7H2,1-3H3,(H,17,19). The Hall–Kier alpha value is -1.46. The molecule has 0 aliphatic heterocycles. The monoisotopic (exact) mass is 282 g/mol. The Labute approximate surface area is 118 Å². The van der Waals surface area contributed by atoms with Gasteiger partial charge in [0.1, 0.15) is 5.88 Å². The van der Waals surface area contributed by atoms with Crippen LogP contribution in [0.3, 0.4) is 0 Å². The van der Waals surface area contributed by atoms with Crippen molar-refractivity contribution in [1.82, 2.24) is 9.88 Å². The Kier molecular flexibility index (Phi) is 5.92. The fourth-order valence-corrected chi connectivity index (χ4v) is 1.49. The second kappa shape index (κ2) is 7.21. The number of aromatic nitrogens is 1. The van der Waals surface area contributed by atoms with Gasteiger partial charge >= 0.3 is 0 Å². The molecule has 0 fully saturated rings. The van der Waals surface area contributed by atoms with Crippen LogP contribution in [-0.4, -0.2) is 47.5 Å². The van der Waals surface area contributed by atoms with Gasteiger partial charge in [0.05, 0.1) is 23.3 Å². The van der Waals surface area contributed by atoms with Gasteiger partial charge in [0.2, 0.25) is 5.91 Å². The lowest BCUT2D eigenvalue weighted by Crippen LogP contribution is -2.27. The Morgan fingerprint density at radius 3 is 2.68 bits per heavy atom. The highest BCUT2D eigenvalue weighted by molar-refractivity contribution is 6.29. The van der Waals surface area contributed by atoms with E-state index in [2.05, 4.69) is 22.1 Å². The fourth-order valence-electron chi connectivity index (χ4n) is 1.42. The van der Waals surface area contributed by atoms with E-state index in [1.807, 2.05) is 14.1 Å². The van der Waals surface area contributed by atoms with Crippen molar-refractivity contribution in [3.8, 4) is 0 Å². The number of anilines is 1. The van der Waals surface area contributed by atoms with Crippen LogP contribution in [-0.2, 0) is 4.79 Å². The molecule has 6 heteroatoms. The summed E-state index contributed by atoms with van der Waals surface area (Å²) >= 11 is 5.40. The molecular weight excluding hydrogens is 264 g/mol. The first-order valence-electron chi connectivity index (χ1n) is 6.00. The van der Waals surface area contributed by atoms with E-state index in [-0.39, 0.29) is 17.8 Å². The molecule has 1 aromatic rings. The second-order valence-electron chi connectivity index (χ2n) is 4.61. The summed E-state index contributed by atoms with van der Waals surface area (Å²) in [7, 11) is 3.96. The molecule has 1 amide bonds. The molecule has 0 aromatic carbocycles. The van der Waals surface area contributed by atoms with Crippen molar-refractivity contribution in [2.75, 3.05) is 25.3 Å². The number of hydrogen-bond acceptors (Lipinski definition) is 4. The predicted molar refractivity (Wildman–Crippen MR) is 78.2 cm³/mol. The lowest BCUT2D eigenvalue weighted by molar-refractivity contribution is -0.113. The van der Waals surface area contributed by atoms with Crippen molar-refractivity contribution in [3.63, 3.8) is 0 Å². The molecule has 0 saturated heterocycles. The van der Waals surface area contributed by atoms with Crippen LogP contribution >= 0.6 is 11.6 Å². The summed E-state index contributed by atoms with van der Waals surface area (Å²) in [5, 5.41) is 10.6. The molecule has 0 radical (unpaired) electrons. The summed E-state index contributed by atoms with van der Waals surface area (Å²) in [6.07, 6.45) is 2.17. The van der Waals surface area contributed by atoms with Crippen LogP contribution in [0.15, 0.2) is 18.3 Å². The molecular formula is C13H19ClN4O. The normalized spacial score (nSPS) is 12.3. The average molecular weight is 283 g/mol. The van der Waals surface area contributed by atoms with Crippen molar-refractivity contribution in [2.24, 2.45) is 0 Å². The highest BCUT2D eigenvalue weighted by atomic mass is 35.5. The molecule has 2 N–H and O–H groups in total. The van der Waals surface area contributed by atoms with E-state index in [4.69, 9.17) is 17.0 Å². The maximum Gasteiger partial charge on any atom is 0.239 e. The number of hydrogen-bond donors (Lipinski definition) is 2. The van der Waals surface area contributed by atoms with E-state index in [1.165, 1.54) is 6.20 Å². The number of carbonyl (C=O) groups is 1. The Morgan fingerprint density at radius 1 is 1.53 bits per heavy atom. The van der Waals surface area contributed by atoms with Gasteiger partial charge in [0, 0.05) is 12.5 Å². The molecule has 0 saturated carbocycles. The van der Waals surface area contributed by atoms with Gasteiger partial charge in [-0.25, -0.2) is 0 Å². The predicted octanol–water partition coefficient (Wildman–Crippen LogP) is 1.97. The van der Waals surface area contributed by atoms with E-state index in [0.29, 0.717) is 23.5 Å². The zero-order chi connectivity index (χ0) is 14.4. The molecule has 104 valence electrons. The third-order valence-corrected chi connectivity index (χ3v) is 3.10. The van der Waals surface area contributed by atoms with Crippen molar-refractivity contribution in [3.05, 3.63) is 24.0 Å². The number of amides is 1. The topological polar surface area (TPSA) is 69.1 Å². The highest BCUT2D eigenvalue weighted by Gasteiger charge is 2.11. The van der Waals surface area contributed by atoms with Crippen LogP contribution in [0.2, 0.25) is 0 Å². The Morgan fingerprint density at radius 2 is 2.21 bits per heavy atom. The number of halogens is 1. The van der Waals surface area contributed by atoms with Gasteiger partial charge in [-0.05, 0) is 33.2 Å². The zero-order valence-electron chi connectivity index (χ0n) is 11.4. The molecule has 1 atom stereocenters. The summed E-state index contributed by atoms with van der Waals surface area (Å²) in [5.74, 6) is -0.356. The van der Waals surface area contributed by atoms with Crippen LogP contribution in [0.25, 0.3) is 0 Å². The molecule has 5 nitrogen and oxygen atoms in total. The first-order valence-corrected chi connectivity index (χ1v) is 6.53. The molecule has 0 bridgehead atoms. The number of pyridine rings is 1. The summed E-state index contributed by atoms with van der Waals surface area (Å²) in [5.41, 5.74) is 1.69. The number of nitrogens with one attached hydrogen (secondary N) is 2. The summed E-state index contributed by atoms with van der Waals surface area (Å²) in [6, 6.07) is 3.74. The van der Waals surface area contributed by atoms with Gasteiger partial charge in [0.15, 0.2) is 0 Å².